The Hall–Kier alpha value is -2.07. The van der Waals surface area contributed by atoms with Crippen LogP contribution in [-0.2, 0) is 19.6 Å². The molecule has 0 aliphatic rings. The van der Waals surface area contributed by atoms with Crippen LogP contribution in [0.25, 0.3) is 6.08 Å². The summed E-state index contributed by atoms with van der Waals surface area (Å²) in [5.74, 6) is -0.918. The molecular formula is C19H20BrFN2O4S. The SMILES string of the molecule is COCC(C)NS(=O)(=O)c1ccc(NC(=O)/C=C/c2cc(Br)ccc2F)cc1. The van der Waals surface area contributed by atoms with E-state index in [2.05, 4.69) is 26.0 Å². The van der Waals surface area contributed by atoms with Gasteiger partial charge in [-0.2, -0.15) is 0 Å². The molecule has 0 aliphatic heterocycles. The molecule has 1 amide bonds. The molecule has 1 atom stereocenters. The smallest absolute Gasteiger partial charge is 0.248 e. The van der Waals surface area contributed by atoms with Crippen molar-refractivity contribution in [1.82, 2.24) is 4.72 Å². The van der Waals surface area contributed by atoms with Gasteiger partial charge in [0, 0.05) is 35.0 Å². The van der Waals surface area contributed by atoms with E-state index in [0.29, 0.717) is 10.2 Å². The van der Waals surface area contributed by atoms with Gasteiger partial charge in [-0.15, -0.1) is 0 Å². The molecule has 150 valence electrons. The highest BCUT2D eigenvalue weighted by Crippen LogP contribution is 2.17. The predicted molar refractivity (Wildman–Crippen MR) is 110 cm³/mol. The van der Waals surface area contributed by atoms with Crippen molar-refractivity contribution in [2.24, 2.45) is 0 Å². The number of hydrogen-bond acceptors (Lipinski definition) is 4. The molecule has 0 fully saturated rings. The standard InChI is InChI=1S/C19H20BrFN2O4S/c1-13(12-27-2)23-28(25,26)17-7-5-16(6-8-17)22-19(24)10-3-14-11-15(20)4-9-18(14)21/h3-11,13,23H,12H2,1-2H3,(H,22,24)/b10-3+. The maximum atomic E-state index is 13.7. The zero-order chi connectivity index (χ0) is 20.7. The first kappa shape index (κ1) is 22.2. The molecule has 0 spiro atoms. The second-order valence-corrected chi connectivity index (χ2v) is 8.62. The highest BCUT2D eigenvalue weighted by Gasteiger charge is 2.17. The maximum Gasteiger partial charge on any atom is 0.248 e. The lowest BCUT2D eigenvalue weighted by Crippen LogP contribution is -2.35. The highest BCUT2D eigenvalue weighted by atomic mass is 79.9. The van der Waals surface area contributed by atoms with Gasteiger partial charge in [0.15, 0.2) is 0 Å². The normalized spacial score (nSPS) is 12.9. The van der Waals surface area contributed by atoms with Crippen molar-refractivity contribution < 1.29 is 22.3 Å². The first-order chi connectivity index (χ1) is 13.2. The van der Waals surface area contributed by atoms with Gasteiger partial charge < -0.3 is 10.1 Å². The number of hydrogen-bond donors (Lipinski definition) is 2. The zero-order valence-electron chi connectivity index (χ0n) is 15.3. The summed E-state index contributed by atoms with van der Waals surface area (Å²) in [7, 11) is -2.20. The van der Waals surface area contributed by atoms with Crippen LogP contribution in [0.4, 0.5) is 10.1 Å². The van der Waals surface area contributed by atoms with Crippen LogP contribution >= 0.6 is 15.9 Å². The topological polar surface area (TPSA) is 84.5 Å². The lowest BCUT2D eigenvalue weighted by molar-refractivity contribution is -0.111. The lowest BCUT2D eigenvalue weighted by Gasteiger charge is -2.13. The Morgan fingerprint density at radius 2 is 1.93 bits per heavy atom. The number of sulfonamides is 1. The summed E-state index contributed by atoms with van der Waals surface area (Å²) < 4.78 is 46.3. The van der Waals surface area contributed by atoms with Crippen molar-refractivity contribution >= 4 is 43.6 Å². The zero-order valence-corrected chi connectivity index (χ0v) is 17.7. The van der Waals surface area contributed by atoms with E-state index in [-0.39, 0.29) is 23.1 Å². The van der Waals surface area contributed by atoms with Crippen molar-refractivity contribution in [3.05, 3.63) is 64.4 Å². The number of nitrogens with one attached hydrogen (secondary N) is 2. The summed E-state index contributed by atoms with van der Waals surface area (Å²) in [6.07, 6.45) is 2.55. The van der Waals surface area contributed by atoms with E-state index in [0.717, 1.165) is 0 Å². The van der Waals surface area contributed by atoms with Crippen molar-refractivity contribution in [2.45, 2.75) is 17.9 Å². The summed E-state index contributed by atoms with van der Waals surface area (Å²) in [5.41, 5.74) is 0.676. The number of halogens is 2. The number of amides is 1. The molecule has 0 heterocycles. The van der Waals surface area contributed by atoms with Crippen LogP contribution in [-0.4, -0.2) is 34.1 Å². The van der Waals surface area contributed by atoms with Gasteiger partial charge in [-0.1, -0.05) is 15.9 Å². The average Bonchev–Trinajstić information content (AvgIpc) is 2.62. The van der Waals surface area contributed by atoms with E-state index in [1.54, 1.807) is 19.1 Å². The van der Waals surface area contributed by atoms with Crippen LogP contribution in [0.1, 0.15) is 12.5 Å². The van der Waals surface area contributed by atoms with E-state index in [9.17, 15) is 17.6 Å². The number of carbonyl (C=O) groups excluding carboxylic acids is 1. The van der Waals surface area contributed by atoms with Crippen molar-refractivity contribution in [3.8, 4) is 0 Å². The average molecular weight is 471 g/mol. The second kappa shape index (κ2) is 9.92. The number of benzene rings is 2. The monoisotopic (exact) mass is 470 g/mol. The van der Waals surface area contributed by atoms with Gasteiger partial charge in [-0.3, -0.25) is 4.79 Å². The second-order valence-electron chi connectivity index (χ2n) is 5.99. The fourth-order valence-electron chi connectivity index (χ4n) is 2.33. The van der Waals surface area contributed by atoms with Gasteiger partial charge in [0.25, 0.3) is 0 Å². The number of rotatable bonds is 8. The van der Waals surface area contributed by atoms with Crippen LogP contribution in [0.3, 0.4) is 0 Å². The number of anilines is 1. The summed E-state index contributed by atoms with van der Waals surface area (Å²) >= 11 is 3.24. The third-order valence-corrected chi connectivity index (χ3v) is 5.68. The molecule has 0 aliphatic carbocycles. The molecule has 0 saturated carbocycles. The van der Waals surface area contributed by atoms with E-state index < -0.39 is 21.7 Å². The Labute approximate surface area is 172 Å². The van der Waals surface area contributed by atoms with E-state index in [1.165, 1.54) is 49.6 Å². The molecule has 28 heavy (non-hydrogen) atoms. The Kier molecular flexibility index (Phi) is 7.88. The minimum absolute atomic E-state index is 0.0696. The Morgan fingerprint density at radius 3 is 2.57 bits per heavy atom. The minimum atomic E-state index is -3.68. The van der Waals surface area contributed by atoms with Gasteiger partial charge in [0.2, 0.25) is 15.9 Å². The molecule has 1 unspecified atom stereocenters. The van der Waals surface area contributed by atoms with Gasteiger partial charge in [-0.25, -0.2) is 17.5 Å². The predicted octanol–water partition coefficient (Wildman–Crippen LogP) is 3.55. The summed E-state index contributed by atoms with van der Waals surface area (Å²) in [4.78, 5) is 12.1. The molecule has 2 rings (SSSR count). The van der Waals surface area contributed by atoms with Gasteiger partial charge in [0.05, 0.1) is 11.5 Å². The van der Waals surface area contributed by atoms with Crippen LogP contribution < -0.4 is 10.0 Å². The summed E-state index contributed by atoms with van der Waals surface area (Å²) in [6.45, 7) is 1.94. The Balaban J connectivity index is 2.02. The molecule has 2 aromatic rings. The minimum Gasteiger partial charge on any atom is -0.383 e. The van der Waals surface area contributed by atoms with E-state index in [4.69, 9.17) is 4.74 Å². The number of ether oxygens (including phenoxy) is 1. The first-order valence-corrected chi connectivity index (χ1v) is 10.5. The van der Waals surface area contributed by atoms with Crippen molar-refractivity contribution in [2.75, 3.05) is 19.0 Å². The molecule has 0 aromatic heterocycles. The van der Waals surface area contributed by atoms with Crippen LogP contribution in [0, 0.1) is 5.82 Å². The van der Waals surface area contributed by atoms with E-state index in [1.807, 2.05) is 0 Å². The molecule has 9 heteroatoms. The van der Waals surface area contributed by atoms with Crippen LogP contribution in [0.5, 0.6) is 0 Å². The Morgan fingerprint density at radius 1 is 1.25 bits per heavy atom. The number of carbonyl (C=O) groups is 1. The summed E-state index contributed by atoms with van der Waals surface area (Å²) in [5, 5.41) is 2.59. The van der Waals surface area contributed by atoms with Gasteiger partial charge >= 0.3 is 0 Å². The highest BCUT2D eigenvalue weighted by molar-refractivity contribution is 9.10. The molecule has 6 nitrogen and oxygen atoms in total. The van der Waals surface area contributed by atoms with Crippen molar-refractivity contribution in [1.29, 1.82) is 0 Å². The quantitative estimate of drug-likeness (QED) is 0.577. The molecular weight excluding hydrogens is 451 g/mol. The third kappa shape index (κ3) is 6.52. The number of methoxy groups -OCH3 is 1. The van der Waals surface area contributed by atoms with Gasteiger partial charge in [-0.05, 0) is 55.5 Å². The maximum absolute atomic E-state index is 13.7. The fraction of sp³-hybridized carbons (Fsp3) is 0.211. The van der Waals surface area contributed by atoms with Crippen LogP contribution in [0.15, 0.2) is 57.9 Å². The molecule has 0 radical (unpaired) electrons. The summed E-state index contributed by atoms with van der Waals surface area (Å²) in [6, 6.07) is 9.75. The molecule has 2 aromatic carbocycles. The molecule has 0 saturated heterocycles. The molecule has 2 N–H and O–H groups in total. The van der Waals surface area contributed by atoms with E-state index >= 15 is 0 Å². The first-order valence-electron chi connectivity index (χ1n) is 8.26. The van der Waals surface area contributed by atoms with Gasteiger partial charge in [0.1, 0.15) is 5.82 Å². The molecule has 0 bridgehead atoms. The fourth-order valence-corrected chi connectivity index (χ4v) is 3.93. The van der Waals surface area contributed by atoms with Crippen LogP contribution in [0.2, 0.25) is 0 Å². The lowest BCUT2D eigenvalue weighted by atomic mass is 10.2. The Bertz CT molecular complexity index is 962. The largest absolute Gasteiger partial charge is 0.383 e. The third-order valence-electron chi connectivity index (χ3n) is 3.58. The van der Waals surface area contributed by atoms with Crippen molar-refractivity contribution in [3.63, 3.8) is 0 Å².